The van der Waals surface area contributed by atoms with E-state index in [4.69, 9.17) is 0 Å². The highest BCUT2D eigenvalue weighted by Gasteiger charge is 2.32. The Hall–Kier alpha value is -1.15. The fourth-order valence-corrected chi connectivity index (χ4v) is 2.21. The van der Waals surface area contributed by atoms with E-state index in [-0.39, 0.29) is 0 Å². The fourth-order valence-electron chi connectivity index (χ4n) is 2.21. The lowest BCUT2D eigenvalue weighted by molar-refractivity contribution is 0.112. The third-order valence-corrected chi connectivity index (χ3v) is 3.18. The minimum atomic E-state index is 0.807. The van der Waals surface area contributed by atoms with Gasteiger partial charge in [-0.1, -0.05) is 12.1 Å². The summed E-state index contributed by atoms with van der Waals surface area (Å²) < 4.78 is 0. The zero-order chi connectivity index (χ0) is 9.54. The second-order valence-electron chi connectivity index (χ2n) is 4.28. The summed E-state index contributed by atoms with van der Waals surface area (Å²) in [5.41, 5.74) is 3.56. The largest absolute Gasteiger partial charge is 0.298 e. The van der Waals surface area contributed by atoms with Crippen molar-refractivity contribution in [2.75, 3.05) is 0 Å². The number of hydrogen-bond donors (Lipinski definition) is 0. The van der Waals surface area contributed by atoms with Gasteiger partial charge < -0.3 is 0 Å². The highest BCUT2D eigenvalue weighted by molar-refractivity contribution is 5.75. The van der Waals surface area contributed by atoms with Gasteiger partial charge >= 0.3 is 0 Å². The lowest BCUT2D eigenvalue weighted by Crippen LogP contribution is -2.18. The molecule has 0 aromatic heterocycles. The molecule has 1 aliphatic heterocycles. The zero-order valence-electron chi connectivity index (χ0n) is 8.07. The van der Waals surface area contributed by atoms with Crippen molar-refractivity contribution in [3.8, 4) is 0 Å². The molecule has 2 nitrogen and oxygen atoms in total. The number of fused-ring (bicyclic) bond motifs is 1. The summed E-state index contributed by atoms with van der Waals surface area (Å²) in [6.07, 6.45) is 3.64. The Morgan fingerprint density at radius 1 is 1.21 bits per heavy atom. The molecule has 0 unspecified atom stereocenters. The Morgan fingerprint density at radius 3 is 2.71 bits per heavy atom. The molecule has 0 saturated heterocycles. The summed E-state index contributed by atoms with van der Waals surface area (Å²) in [5.74, 6) is 0. The molecule has 0 atom stereocenters. The number of aldehydes is 1. The van der Waals surface area contributed by atoms with Gasteiger partial charge in [0, 0.05) is 24.7 Å². The van der Waals surface area contributed by atoms with Crippen molar-refractivity contribution in [2.45, 2.75) is 32.0 Å². The van der Waals surface area contributed by atoms with E-state index < -0.39 is 0 Å². The Balaban J connectivity index is 1.89. The standard InChI is InChI=1S/C12H13NO/c14-8-9-1-2-10-6-13(12-3-4-12)7-11(10)5-9/h1-2,5,8,12H,3-4,6-7H2. The van der Waals surface area contributed by atoms with Gasteiger partial charge in [-0.05, 0) is 30.0 Å². The van der Waals surface area contributed by atoms with Crippen molar-refractivity contribution in [2.24, 2.45) is 0 Å². The molecule has 2 heteroatoms. The molecule has 1 saturated carbocycles. The first-order chi connectivity index (χ1) is 6.86. The number of carbonyl (C=O) groups excluding carboxylic acids is 1. The highest BCUT2D eigenvalue weighted by Crippen LogP contribution is 2.34. The molecular weight excluding hydrogens is 174 g/mol. The number of carbonyl (C=O) groups is 1. The van der Waals surface area contributed by atoms with Crippen LogP contribution in [0.2, 0.25) is 0 Å². The van der Waals surface area contributed by atoms with Crippen LogP contribution in [0, 0.1) is 0 Å². The maximum atomic E-state index is 10.6. The van der Waals surface area contributed by atoms with E-state index in [2.05, 4.69) is 11.0 Å². The van der Waals surface area contributed by atoms with Crippen LogP contribution in [-0.4, -0.2) is 17.2 Å². The van der Waals surface area contributed by atoms with Gasteiger partial charge in [0.05, 0.1) is 0 Å². The minimum Gasteiger partial charge on any atom is -0.298 e. The average molecular weight is 187 g/mol. The Labute approximate surface area is 83.5 Å². The van der Waals surface area contributed by atoms with Crippen molar-refractivity contribution >= 4 is 6.29 Å². The summed E-state index contributed by atoms with van der Waals surface area (Å²) in [6, 6.07) is 6.87. The molecule has 2 aliphatic rings. The summed E-state index contributed by atoms with van der Waals surface area (Å²) in [6.45, 7) is 2.13. The summed E-state index contributed by atoms with van der Waals surface area (Å²) in [7, 11) is 0. The average Bonchev–Trinajstić information content (AvgIpc) is 2.97. The lowest BCUT2D eigenvalue weighted by Gasteiger charge is -2.11. The molecule has 0 radical (unpaired) electrons. The van der Waals surface area contributed by atoms with Gasteiger partial charge in [0.25, 0.3) is 0 Å². The van der Waals surface area contributed by atoms with Crippen LogP contribution in [-0.2, 0) is 13.1 Å². The number of rotatable bonds is 2. The number of nitrogens with zero attached hydrogens (tertiary/aromatic N) is 1. The van der Waals surface area contributed by atoms with Crippen LogP contribution in [0.1, 0.15) is 34.3 Å². The summed E-state index contributed by atoms with van der Waals surface area (Å²) >= 11 is 0. The quantitative estimate of drug-likeness (QED) is 0.660. The monoisotopic (exact) mass is 187 g/mol. The van der Waals surface area contributed by atoms with E-state index in [1.165, 1.54) is 24.0 Å². The molecule has 1 fully saturated rings. The SMILES string of the molecule is O=Cc1ccc2c(c1)CN(C1CC1)C2. The van der Waals surface area contributed by atoms with Gasteiger partial charge in [-0.15, -0.1) is 0 Å². The summed E-state index contributed by atoms with van der Waals surface area (Å²) in [4.78, 5) is 13.1. The van der Waals surface area contributed by atoms with Gasteiger partial charge in [-0.3, -0.25) is 9.69 Å². The molecule has 0 bridgehead atoms. The first-order valence-electron chi connectivity index (χ1n) is 5.18. The van der Waals surface area contributed by atoms with Crippen LogP contribution in [0.3, 0.4) is 0 Å². The molecule has 1 heterocycles. The first-order valence-corrected chi connectivity index (χ1v) is 5.18. The second kappa shape index (κ2) is 2.92. The molecule has 0 amide bonds. The van der Waals surface area contributed by atoms with Gasteiger partial charge in [0.15, 0.2) is 0 Å². The van der Waals surface area contributed by atoms with Crippen LogP contribution in [0.4, 0.5) is 0 Å². The maximum Gasteiger partial charge on any atom is 0.150 e. The predicted octanol–water partition coefficient (Wildman–Crippen LogP) is 1.98. The fraction of sp³-hybridized carbons (Fsp3) is 0.417. The van der Waals surface area contributed by atoms with Crippen molar-refractivity contribution in [1.29, 1.82) is 0 Å². The van der Waals surface area contributed by atoms with Crippen molar-refractivity contribution in [3.63, 3.8) is 0 Å². The van der Waals surface area contributed by atoms with E-state index >= 15 is 0 Å². The smallest absolute Gasteiger partial charge is 0.150 e. The van der Waals surface area contributed by atoms with E-state index in [0.717, 1.165) is 31.0 Å². The summed E-state index contributed by atoms with van der Waals surface area (Å²) in [5, 5.41) is 0. The predicted molar refractivity (Wildman–Crippen MR) is 54.1 cm³/mol. The van der Waals surface area contributed by atoms with Crippen LogP contribution in [0.25, 0.3) is 0 Å². The Morgan fingerprint density at radius 2 is 2.00 bits per heavy atom. The highest BCUT2D eigenvalue weighted by atomic mass is 16.1. The van der Waals surface area contributed by atoms with Crippen molar-refractivity contribution < 1.29 is 4.79 Å². The van der Waals surface area contributed by atoms with Gasteiger partial charge in [0.1, 0.15) is 6.29 Å². The van der Waals surface area contributed by atoms with Gasteiger partial charge in [-0.2, -0.15) is 0 Å². The maximum absolute atomic E-state index is 10.6. The molecule has 1 aromatic rings. The van der Waals surface area contributed by atoms with E-state index in [0.29, 0.717) is 0 Å². The third-order valence-electron chi connectivity index (χ3n) is 3.18. The Bertz CT molecular complexity index is 382. The third kappa shape index (κ3) is 1.26. The van der Waals surface area contributed by atoms with E-state index in [1.54, 1.807) is 0 Å². The molecular formula is C12H13NO. The second-order valence-corrected chi connectivity index (χ2v) is 4.28. The molecule has 3 rings (SSSR count). The minimum absolute atomic E-state index is 0.807. The van der Waals surface area contributed by atoms with Crippen LogP contribution in [0.15, 0.2) is 18.2 Å². The first kappa shape index (κ1) is 8.18. The Kier molecular flexibility index (Phi) is 1.71. The number of hydrogen-bond acceptors (Lipinski definition) is 2. The van der Waals surface area contributed by atoms with Crippen LogP contribution in [0.5, 0.6) is 0 Å². The number of benzene rings is 1. The van der Waals surface area contributed by atoms with Crippen molar-refractivity contribution in [3.05, 3.63) is 34.9 Å². The van der Waals surface area contributed by atoms with Gasteiger partial charge in [-0.25, -0.2) is 0 Å². The molecule has 72 valence electrons. The molecule has 0 spiro atoms. The molecule has 0 N–H and O–H groups in total. The lowest BCUT2D eigenvalue weighted by atomic mass is 10.1. The molecule has 1 aromatic carbocycles. The van der Waals surface area contributed by atoms with Gasteiger partial charge in [0.2, 0.25) is 0 Å². The zero-order valence-corrected chi connectivity index (χ0v) is 8.07. The topological polar surface area (TPSA) is 20.3 Å². The molecule has 1 aliphatic carbocycles. The van der Waals surface area contributed by atoms with E-state index in [9.17, 15) is 4.79 Å². The van der Waals surface area contributed by atoms with E-state index in [1.807, 2.05) is 12.1 Å². The normalized spacial score (nSPS) is 20.9. The molecule has 14 heavy (non-hydrogen) atoms. The van der Waals surface area contributed by atoms with Crippen LogP contribution < -0.4 is 0 Å². The van der Waals surface area contributed by atoms with Crippen molar-refractivity contribution in [1.82, 2.24) is 4.90 Å². The van der Waals surface area contributed by atoms with Crippen LogP contribution >= 0.6 is 0 Å².